The third-order valence-electron chi connectivity index (χ3n) is 2.91. The van der Waals surface area contributed by atoms with Crippen LogP contribution in [0.5, 0.6) is 0 Å². The van der Waals surface area contributed by atoms with Crippen LogP contribution in [0.1, 0.15) is 24.7 Å². The standard InChI is InChI=1S/C11H18N2OS/c1-8-4-10(13(3)12-8)6-11(14)5-9(2)15-7-11/h4,9,14H,5-7H2,1-3H3. The summed E-state index contributed by atoms with van der Waals surface area (Å²) < 4.78 is 1.88. The molecule has 84 valence electrons. The summed E-state index contributed by atoms with van der Waals surface area (Å²) in [7, 11) is 1.94. The molecule has 0 amide bonds. The van der Waals surface area contributed by atoms with Crippen molar-refractivity contribution in [1.29, 1.82) is 0 Å². The van der Waals surface area contributed by atoms with Crippen LogP contribution in [-0.4, -0.2) is 31.5 Å². The smallest absolute Gasteiger partial charge is 0.0803 e. The molecule has 2 heterocycles. The highest BCUT2D eigenvalue weighted by Gasteiger charge is 2.36. The van der Waals surface area contributed by atoms with Gasteiger partial charge in [-0.1, -0.05) is 6.92 Å². The zero-order valence-electron chi connectivity index (χ0n) is 9.53. The van der Waals surface area contributed by atoms with Gasteiger partial charge in [0.05, 0.1) is 11.3 Å². The average molecular weight is 226 g/mol. The number of hydrogen-bond acceptors (Lipinski definition) is 3. The maximum absolute atomic E-state index is 10.4. The molecule has 0 bridgehead atoms. The summed E-state index contributed by atoms with van der Waals surface area (Å²) in [4.78, 5) is 0. The molecule has 1 aliphatic rings. The molecule has 1 N–H and O–H groups in total. The molecule has 15 heavy (non-hydrogen) atoms. The van der Waals surface area contributed by atoms with Gasteiger partial charge in [-0.2, -0.15) is 16.9 Å². The van der Waals surface area contributed by atoms with Crippen LogP contribution in [0, 0.1) is 6.92 Å². The van der Waals surface area contributed by atoms with Crippen molar-refractivity contribution < 1.29 is 5.11 Å². The highest BCUT2D eigenvalue weighted by Crippen LogP contribution is 2.36. The molecule has 1 saturated heterocycles. The van der Waals surface area contributed by atoms with E-state index in [1.807, 2.05) is 30.4 Å². The Bertz CT molecular complexity index is 363. The SMILES string of the molecule is Cc1cc(CC2(O)CSC(C)C2)n(C)n1. The van der Waals surface area contributed by atoms with Crippen molar-refractivity contribution in [3.63, 3.8) is 0 Å². The lowest BCUT2D eigenvalue weighted by Gasteiger charge is -2.21. The van der Waals surface area contributed by atoms with Gasteiger partial charge in [-0.25, -0.2) is 0 Å². The number of thioether (sulfide) groups is 1. The Morgan fingerprint density at radius 2 is 2.47 bits per heavy atom. The Hall–Kier alpha value is -0.480. The predicted molar refractivity (Wildman–Crippen MR) is 63.1 cm³/mol. The lowest BCUT2D eigenvalue weighted by atomic mass is 9.95. The third-order valence-corrected chi connectivity index (χ3v) is 4.35. The maximum atomic E-state index is 10.4. The van der Waals surface area contributed by atoms with E-state index in [0.29, 0.717) is 5.25 Å². The second-order valence-corrected chi connectivity index (χ2v) is 6.05. The highest BCUT2D eigenvalue weighted by atomic mass is 32.2. The normalized spacial score (nSPS) is 31.1. The molecule has 1 aliphatic heterocycles. The van der Waals surface area contributed by atoms with Crippen molar-refractivity contribution in [2.75, 3.05) is 5.75 Å². The van der Waals surface area contributed by atoms with Crippen molar-refractivity contribution in [3.05, 3.63) is 17.5 Å². The lowest BCUT2D eigenvalue weighted by Crippen LogP contribution is -2.32. The molecule has 0 aliphatic carbocycles. The van der Waals surface area contributed by atoms with Crippen LogP contribution < -0.4 is 0 Å². The van der Waals surface area contributed by atoms with Gasteiger partial charge in [0.15, 0.2) is 0 Å². The monoisotopic (exact) mass is 226 g/mol. The van der Waals surface area contributed by atoms with Gasteiger partial charge in [0.25, 0.3) is 0 Å². The first-order valence-electron chi connectivity index (χ1n) is 5.32. The van der Waals surface area contributed by atoms with Crippen LogP contribution >= 0.6 is 11.8 Å². The molecular weight excluding hydrogens is 208 g/mol. The van der Waals surface area contributed by atoms with Crippen molar-refractivity contribution in [1.82, 2.24) is 9.78 Å². The molecule has 4 heteroatoms. The Labute approximate surface area is 94.9 Å². The van der Waals surface area contributed by atoms with E-state index in [0.717, 1.165) is 30.0 Å². The summed E-state index contributed by atoms with van der Waals surface area (Å²) >= 11 is 1.86. The van der Waals surface area contributed by atoms with Gasteiger partial charge in [0.2, 0.25) is 0 Å². The molecule has 1 fully saturated rings. The van der Waals surface area contributed by atoms with E-state index in [2.05, 4.69) is 18.1 Å². The molecule has 2 rings (SSSR count). The minimum atomic E-state index is -0.523. The molecule has 1 aromatic rings. The number of aromatic nitrogens is 2. The molecule has 0 aromatic carbocycles. The molecule has 3 nitrogen and oxygen atoms in total. The zero-order valence-corrected chi connectivity index (χ0v) is 10.3. The third kappa shape index (κ3) is 2.37. The highest BCUT2D eigenvalue weighted by molar-refractivity contribution is 8.00. The van der Waals surface area contributed by atoms with Crippen LogP contribution in [0.15, 0.2) is 6.07 Å². The van der Waals surface area contributed by atoms with E-state index >= 15 is 0 Å². The zero-order chi connectivity index (χ0) is 11.1. The summed E-state index contributed by atoms with van der Waals surface area (Å²) in [5, 5.41) is 15.3. The number of rotatable bonds is 2. The van der Waals surface area contributed by atoms with E-state index in [1.165, 1.54) is 0 Å². The molecule has 2 atom stereocenters. The van der Waals surface area contributed by atoms with Crippen LogP contribution in [0.3, 0.4) is 0 Å². The van der Waals surface area contributed by atoms with Gasteiger partial charge in [0.1, 0.15) is 0 Å². The summed E-state index contributed by atoms with van der Waals surface area (Å²) in [6, 6.07) is 2.06. The van der Waals surface area contributed by atoms with Gasteiger partial charge in [-0.05, 0) is 19.4 Å². The minimum absolute atomic E-state index is 0.523. The van der Waals surface area contributed by atoms with Crippen molar-refractivity contribution >= 4 is 11.8 Å². The second-order valence-electron chi connectivity index (χ2n) is 4.63. The fourth-order valence-electron chi connectivity index (χ4n) is 2.24. The number of aliphatic hydroxyl groups is 1. The van der Waals surface area contributed by atoms with Crippen LogP contribution in [0.4, 0.5) is 0 Å². The number of aryl methyl sites for hydroxylation is 2. The first-order valence-corrected chi connectivity index (χ1v) is 6.37. The summed E-state index contributed by atoms with van der Waals surface area (Å²) in [5.41, 5.74) is 1.63. The van der Waals surface area contributed by atoms with Gasteiger partial charge >= 0.3 is 0 Å². The van der Waals surface area contributed by atoms with E-state index in [1.54, 1.807) is 0 Å². The lowest BCUT2D eigenvalue weighted by molar-refractivity contribution is 0.0623. The van der Waals surface area contributed by atoms with Crippen LogP contribution in [-0.2, 0) is 13.5 Å². The van der Waals surface area contributed by atoms with E-state index in [-0.39, 0.29) is 0 Å². The Morgan fingerprint density at radius 3 is 2.93 bits per heavy atom. The summed E-state index contributed by atoms with van der Waals surface area (Å²) in [5.74, 6) is 0.846. The quantitative estimate of drug-likeness (QED) is 0.831. The predicted octanol–water partition coefficient (Wildman–Crippen LogP) is 1.53. The van der Waals surface area contributed by atoms with Crippen LogP contribution in [0.2, 0.25) is 0 Å². The second kappa shape index (κ2) is 3.83. The fourth-order valence-corrected chi connectivity index (χ4v) is 3.48. The fraction of sp³-hybridized carbons (Fsp3) is 0.727. The average Bonchev–Trinajstić information content (AvgIpc) is 2.58. The maximum Gasteiger partial charge on any atom is 0.0803 e. The molecular formula is C11H18N2OS. The van der Waals surface area contributed by atoms with Crippen molar-refractivity contribution in [3.8, 4) is 0 Å². The molecule has 2 unspecified atom stereocenters. The largest absolute Gasteiger partial charge is 0.389 e. The molecule has 0 saturated carbocycles. The molecule has 1 aromatic heterocycles. The number of hydrogen-bond donors (Lipinski definition) is 1. The molecule has 0 spiro atoms. The Kier molecular flexibility index (Phi) is 2.81. The van der Waals surface area contributed by atoms with E-state index < -0.39 is 5.60 Å². The first kappa shape index (κ1) is 11.0. The van der Waals surface area contributed by atoms with Gasteiger partial charge in [-0.3, -0.25) is 4.68 Å². The summed E-state index contributed by atoms with van der Waals surface area (Å²) in [6.07, 6.45) is 1.61. The van der Waals surface area contributed by atoms with Crippen LogP contribution in [0.25, 0.3) is 0 Å². The van der Waals surface area contributed by atoms with E-state index in [9.17, 15) is 5.11 Å². The number of nitrogens with zero attached hydrogens (tertiary/aromatic N) is 2. The van der Waals surface area contributed by atoms with E-state index in [4.69, 9.17) is 0 Å². The van der Waals surface area contributed by atoms with Gasteiger partial charge in [0, 0.05) is 30.2 Å². The van der Waals surface area contributed by atoms with Crippen molar-refractivity contribution in [2.24, 2.45) is 7.05 Å². The summed E-state index contributed by atoms with van der Waals surface area (Å²) in [6.45, 7) is 4.16. The molecule has 0 radical (unpaired) electrons. The Balaban J connectivity index is 2.11. The Morgan fingerprint density at radius 1 is 1.73 bits per heavy atom. The topological polar surface area (TPSA) is 38.0 Å². The first-order chi connectivity index (χ1) is 6.98. The van der Waals surface area contributed by atoms with Gasteiger partial charge in [-0.15, -0.1) is 0 Å². The van der Waals surface area contributed by atoms with Crippen molar-refractivity contribution in [2.45, 2.75) is 37.5 Å². The minimum Gasteiger partial charge on any atom is -0.389 e. The van der Waals surface area contributed by atoms with Gasteiger partial charge < -0.3 is 5.11 Å².